The summed E-state index contributed by atoms with van der Waals surface area (Å²) in [5.74, 6) is -0.225. The number of halogens is 2. The van der Waals surface area contributed by atoms with Crippen molar-refractivity contribution in [3.8, 4) is 0 Å². The summed E-state index contributed by atoms with van der Waals surface area (Å²) in [5, 5.41) is 5.41. The van der Waals surface area contributed by atoms with Gasteiger partial charge in [0.25, 0.3) is 11.5 Å². The average molecular weight is 438 g/mol. The second-order valence-electron chi connectivity index (χ2n) is 5.39. The molecule has 3 aromatic rings. The average Bonchev–Trinajstić information content (AvgIpc) is 3.02. The predicted molar refractivity (Wildman–Crippen MR) is 104 cm³/mol. The van der Waals surface area contributed by atoms with Crippen LogP contribution in [-0.4, -0.2) is 10.5 Å². The smallest absolute Gasteiger partial charge is 0.253 e. The van der Waals surface area contributed by atoms with E-state index < -0.39 is 0 Å². The number of pyridine rings is 1. The van der Waals surface area contributed by atoms with Crippen LogP contribution in [0.4, 0.5) is 0 Å². The molecule has 3 rings (SSSR count). The Morgan fingerprint density at radius 1 is 1.24 bits per heavy atom. The number of rotatable bonds is 5. The van der Waals surface area contributed by atoms with E-state index in [2.05, 4.69) is 21.2 Å². The van der Waals surface area contributed by atoms with Gasteiger partial charge in [0, 0.05) is 32.0 Å². The lowest BCUT2D eigenvalue weighted by molar-refractivity contribution is 0.0950. The van der Waals surface area contributed by atoms with Gasteiger partial charge in [-0.1, -0.05) is 29.8 Å². The number of hydrogen-bond acceptors (Lipinski definition) is 3. The number of carbonyl (C=O) groups excluding carboxylic acids is 1. The summed E-state index contributed by atoms with van der Waals surface area (Å²) in [4.78, 5) is 25.5. The standard InChI is InChI=1S/C18H14BrClN2O2S/c19-14-7-15(25-11-14)8-21-18(24)13-5-6-17(23)22(10-13)9-12-3-1-2-4-16(12)20/h1-7,10-11H,8-9H2,(H,21,24). The summed E-state index contributed by atoms with van der Waals surface area (Å²) < 4.78 is 2.48. The van der Waals surface area contributed by atoms with Crippen molar-refractivity contribution in [1.29, 1.82) is 0 Å². The molecular formula is C18H14BrClN2O2S. The fourth-order valence-corrected chi connectivity index (χ4v) is 3.90. The van der Waals surface area contributed by atoms with Gasteiger partial charge in [0.1, 0.15) is 0 Å². The van der Waals surface area contributed by atoms with E-state index in [1.54, 1.807) is 23.6 Å². The van der Waals surface area contributed by atoms with Crippen molar-refractivity contribution < 1.29 is 4.79 Å². The maximum atomic E-state index is 12.3. The highest BCUT2D eigenvalue weighted by molar-refractivity contribution is 9.10. The second-order valence-corrected chi connectivity index (χ2v) is 7.71. The maximum absolute atomic E-state index is 12.3. The summed E-state index contributed by atoms with van der Waals surface area (Å²) in [6.07, 6.45) is 1.56. The Kier molecular flexibility index (Phi) is 5.73. The van der Waals surface area contributed by atoms with Gasteiger partial charge in [-0.25, -0.2) is 0 Å². The van der Waals surface area contributed by atoms with E-state index in [0.717, 1.165) is 14.9 Å². The Balaban J connectivity index is 1.75. The lowest BCUT2D eigenvalue weighted by Gasteiger charge is -2.10. The van der Waals surface area contributed by atoms with Crippen molar-refractivity contribution in [3.05, 3.63) is 89.9 Å². The number of aromatic nitrogens is 1. The molecule has 0 atom stereocenters. The highest BCUT2D eigenvalue weighted by Gasteiger charge is 2.09. The summed E-state index contributed by atoms with van der Waals surface area (Å²) in [6.45, 7) is 0.760. The van der Waals surface area contributed by atoms with Crippen molar-refractivity contribution in [2.24, 2.45) is 0 Å². The minimum absolute atomic E-state index is 0.182. The lowest BCUT2D eigenvalue weighted by Crippen LogP contribution is -2.26. The van der Waals surface area contributed by atoms with Gasteiger partial charge in [0.05, 0.1) is 18.7 Å². The maximum Gasteiger partial charge on any atom is 0.253 e. The van der Waals surface area contributed by atoms with Crippen molar-refractivity contribution in [2.45, 2.75) is 13.1 Å². The molecule has 0 saturated heterocycles. The molecule has 0 aliphatic carbocycles. The number of benzene rings is 1. The topological polar surface area (TPSA) is 51.1 Å². The van der Waals surface area contributed by atoms with E-state index in [4.69, 9.17) is 11.6 Å². The van der Waals surface area contributed by atoms with Crippen LogP contribution in [-0.2, 0) is 13.1 Å². The fraction of sp³-hybridized carbons (Fsp3) is 0.111. The third-order valence-electron chi connectivity index (χ3n) is 3.59. The van der Waals surface area contributed by atoms with Crippen LogP contribution in [0, 0.1) is 0 Å². The van der Waals surface area contributed by atoms with E-state index in [9.17, 15) is 9.59 Å². The monoisotopic (exact) mass is 436 g/mol. The normalized spacial score (nSPS) is 10.6. The molecule has 1 N–H and O–H groups in total. The van der Waals surface area contributed by atoms with Crippen LogP contribution in [0.5, 0.6) is 0 Å². The lowest BCUT2D eigenvalue weighted by atomic mass is 10.2. The van der Waals surface area contributed by atoms with Gasteiger partial charge < -0.3 is 9.88 Å². The molecule has 2 heterocycles. The molecule has 0 spiro atoms. The van der Waals surface area contributed by atoms with Crippen molar-refractivity contribution in [3.63, 3.8) is 0 Å². The molecular weight excluding hydrogens is 424 g/mol. The molecule has 1 aromatic carbocycles. The van der Waals surface area contributed by atoms with Gasteiger partial charge in [-0.05, 0) is 39.7 Å². The van der Waals surface area contributed by atoms with Crippen LogP contribution < -0.4 is 10.9 Å². The number of hydrogen-bond donors (Lipinski definition) is 1. The zero-order chi connectivity index (χ0) is 17.8. The summed E-state index contributed by atoms with van der Waals surface area (Å²) >= 11 is 11.1. The van der Waals surface area contributed by atoms with Gasteiger partial charge in [-0.3, -0.25) is 9.59 Å². The van der Waals surface area contributed by atoms with Gasteiger partial charge >= 0.3 is 0 Å². The Morgan fingerprint density at radius 2 is 2.04 bits per heavy atom. The van der Waals surface area contributed by atoms with E-state index in [1.165, 1.54) is 16.7 Å². The van der Waals surface area contributed by atoms with Crippen LogP contribution in [0.25, 0.3) is 0 Å². The number of amides is 1. The Morgan fingerprint density at radius 3 is 2.76 bits per heavy atom. The van der Waals surface area contributed by atoms with Gasteiger partial charge in [0.2, 0.25) is 0 Å². The van der Waals surface area contributed by atoms with Gasteiger partial charge in [-0.2, -0.15) is 0 Å². The van der Waals surface area contributed by atoms with Gasteiger partial charge in [-0.15, -0.1) is 11.3 Å². The van der Waals surface area contributed by atoms with Crippen LogP contribution in [0.3, 0.4) is 0 Å². The predicted octanol–water partition coefficient (Wildman–Crippen LogP) is 4.30. The first-order chi connectivity index (χ1) is 12.0. The highest BCUT2D eigenvalue weighted by Crippen LogP contribution is 2.19. The Bertz CT molecular complexity index is 967. The minimum atomic E-state index is -0.225. The van der Waals surface area contributed by atoms with Crippen molar-refractivity contribution in [2.75, 3.05) is 0 Å². The zero-order valence-electron chi connectivity index (χ0n) is 13.0. The molecule has 0 radical (unpaired) electrons. The molecule has 2 aromatic heterocycles. The highest BCUT2D eigenvalue weighted by atomic mass is 79.9. The van der Waals surface area contributed by atoms with E-state index in [1.807, 2.05) is 29.6 Å². The molecule has 0 aliphatic rings. The summed E-state index contributed by atoms with van der Waals surface area (Å²) in [5.41, 5.74) is 1.08. The quantitative estimate of drug-likeness (QED) is 0.647. The first-order valence-electron chi connectivity index (χ1n) is 7.48. The molecule has 7 heteroatoms. The Hall–Kier alpha value is -1.89. The van der Waals surface area contributed by atoms with Crippen LogP contribution in [0.2, 0.25) is 5.02 Å². The molecule has 0 bridgehead atoms. The molecule has 0 aliphatic heterocycles. The van der Waals surface area contributed by atoms with Crippen LogP contribution >= 0.6 is 38.9 Å². The third kappa shape index (κ3) is 4.60. The molecule has 1 amide bonds. The molecule has 0 unspecified atom stereocenters. The zero-order valence-corrected chi connectivity index (χ0v) is 16.2. The van der Waals surface area contributed by atoms with Gasteiger partial charge in [0.15, 0.2) is 0 Å². The molecule has 0 fully saturated rings. The van der Waals surface area contributed by atoms with Crippen LogP contribution in [0.1, 0.15) is 20.8 Å². The first kappa shape index (κ1) is 17.9. The van der Waals surface area contributed by atoms with Crippen LogP contribution in [0.15, 0.2) is 63.3 Å². The molecule has 128 valence electrons. The Labute approximate surface area is 162 Å². The number of nitrogens with one attached hydrogen (secondary N) is 1. The van der Waals surface area contributed by atoms with E-state index in [0.29, 0.717) is 23.7 Å². The number of nitrogens with zero attached hydrogens (tertiary/aromatic N) is 1. The molecule has 4 nitrogen and oxygen atoms in total. The van der Waals surface area contributed by atoms with Crippen molar-refractivity contribution in [1.82, 2.24) is 9.88 Å². The minimum Gasteiger partial charge on any atom is -0.347 e. The third-order valence-corrected chi connectivity index (χ3v) is 5.66. The molecule has 25 heavy (non-hydrogen) atoms. The van der Waals surface area contributed by atoms with Crippen molar-refractivity contribution >= 4 is 44.8 Å². The summed E-state index contributed by atoms with van der Waals surface area (Å²) in [7, 11) is 0. The largest absolute Gasteiger partial charge is 0.347 e. The number of thiophene rings is 1. The first-order valence-corrected chi connectivity index (χ1v) is 9.53. The summed E-state index contributed by atoms with van der Waals surface area (Å²) in [6, 6.07) is 12.2. The molecule has 0 saturated carbocycles. The number of carbonyl (C=O) groups is 1. The second kappa shape index (κ2) is 7.99. The van der Waals surface area contributed by atoms with E-state index >= 15 is 0 Å². The SMILES string of the molecule is O=C(NCc1cc(Br)cs1)c1ccc(=O)n(Cc2ccccc2Cl)c1. The fourth-order valence-electron chi connectivity index (χ4n) is 2.32. The van der Waals surface area contributed by atoms with E-state index in [-0.39, 0.29) is 11.5 Å².